The van der Waals surface area contributed by atoms with E-state index in [1.54, 1.807) is 115 Å². The Balaban J connectivity index is 1.52. The summed E-state index contributed by atoms with van der Waals surface area (Å²) >= 11 is 0. The van der Waals surface area contributed by atoms with Gasteiger partial charge in [-0.25, -0.2) is 0 Å². The van der Waals surface area contributed by atoms with Gasteiger partial charge in [0.2, 0.25) is 0 Å². The molecule has 0 aromatic heterocycles. The zero-order valence-electron chi connectivity index (χ0n) is 24.4. The second-order valence-electron chi connectivity index (χ2n) is 10.2. The lowest BCUT2D eigenvalue weighted by Gasteiger charge is -2.39. The highest BCUT2D eigenvalue weighted by molar-refractivity contribution is 6.22. The summed E-state index contributed by atoms with van der Waals surface area (Å²) in [6.45, 7) is 1.25. The molecule has 4 aromatic rings. The van der Waals surface area contributed by atoms with Gasteiger partial charge >= 0.3 is 11.9 Å². The van der Waals surface area contributed by atoms with Crippen molar-refractivity contribution in [1.82, 2.24) is 0 Å². The van der Waals surface area contributed by atoms with E-state index in [0.29, 0.717) is 17.0 Å². The maximum atomic E-state index is 13.8. The molecule has 1 amide bonds. The number of benzene rings is 4. The molecule has 4 atom stereocenters. The van der Waals surface area contributed by atoms with Gasteiger partial charge in [-0.1, -0.05) is 84.9 Å². The van der Waals surface area contributed by atoms with Gasteiger partial charge in [0.1, 0.15) is 17.4 Å². The minimum absolute atomic E-state index is 0.235. The third-order valence-corrected chi connectivity index (χ3v) is 6.97. The van der Waals surface area contributed by atoms with Crippen LogP contribution in [-0.2, 0) is 28.7 Å². The van der Waals surface area contributed by atoms with Crippen molar-refractivity contribution in [3.63, 3.8) is 0 Å². The molecule has 0 aliphatic carbocycles. The Bertz CT molecular complexity index is 1640. The summed E-state index contributed by atoms with van der Waals surface area (Å²) in [7, 11) is 0. The lowest BCUT2D eigenvalue weighted by molar-refractivity contribution is -0.262. The molecule has 0 radical (unpaired) electrons. The van der Waals surface area contributed by atoms with Crippen LogP contribution in [0.2, 0.25) is 0 Å². The number of ether oxygens (including phenoxy) is 4. The van der Waals surface area contributed by atoms with E-state index in [1.807, 2.05) is 6.07 Å². The number of ketones is 1. The number of carbonyl (C=O) groups excluding carboxylic acids is 4. The third-order valence-electron chi connectivity index (χ3n) is 6.97. The van der Waals surface area contributed by atoms with Gasteiger partial charge in [0, 0.05) is 11.3 Å². The van der Waals surface area contributed by atoms with E-state index in [0.717, 1.165) is 0 Å². The number of amides is 1. The number of Topliss-reactive ketones (excluding diaryl/α,β-unsaturated/α-hetero) is 1. The first kappa shape index (κ1) is 31.1. The Morgan fingerprint density at radius 3 is 1.82 bits per heavy atom. The number of para-hydroxylation sites is 3. The molecule has 1 aliphatic heterocycles. The van der Waals surface area contributed by atoms with Crippen LogP contribution in [0.5, 0.6) is 11.5 Å². The Morgan fingerprint density at radius 2 is 1.24 bits per heavy atom. The fourth-order valence-electron chi connectivity index (χ4n) is 4.82. The predicted molar refractivity (Wildman–Crippen MR) is 165 cm³/mol. The highest BCUT2D eigenvalue weighted by atomic mass is 16.7. The molecule has 1 N–H and O–H groups in total. The average Bonchev–Trinajstić information content (AvgIpc) is 3.05. The fraction of sp³-hybridized carbons (Fsp3) is 0.167. The molecule has 4 aromatic carbocycles. The van der Waals surface area contributed by atoms with Crippen molar-refractivity contribution in [1.29, 1.82) is 0 Å². The predicted octanol–water partition coefficient (Wildman–Crippen LogP) is 5.84. The summed E-state index contributed by atoms with van der Waals surface area (Å²) in [6, 6.07) is 34.5. The van der Waals surface area contributed by atoms with Crippen molar-refractivity contribution < 1.29 is 38.1 Å². The smallest absolute Gasteiger partial charge is 0.320 e. The van der Waals surface area contributed by atoms with Crippen LogP contribution in [0.15, 0.2) is 133 Å². The molecule has 1 aliphatic rings. The molecule has 1 fully saturated rings. The highest BCUT2D eigenvalue weighted by Crippen LogP contribution is 2.37. The minimum Gasteiger partial charge on any atom is -0.426 e. The van der Waals surface area contributed by atoms with Gasteiger partial charge in [0.15, 0.2) is 12.1 Å². The number of hydrogen-bond donors (Lipinski definition) is 1. The Kier molecular flexibility index (Phi) is 10.3. The molecular formula is C36H31NO8. The first-order valence-electron chi connectivity index (χ1n) is 14.3. The van der Waals surface area contributed by atoms with Crippen molar-refractivity contribution >= 4 is 29.3 Å². The molecule has 9 nitrogen and oxygen atoms in total. The normalized spacial score (nSPS) is 19.6. The van der Waals surface area contributed by atoms with Gasteiger partial charge in [0.05, 0.1) is 24.2 Å². The van der Waals surface area contributed by atoms with Crippen LogP contribution in [0.1, 0.15) is 25.2 Å². The van der Waals surface area contributed by atoms with Gasteiger partial charge in [-0.15, -0.1) is 0 Å². The van der Waals surface area contributed by atoms with E-state index in [4.69, 9.17) is 18.9 Å². The second-order valence-corrected chi connectivity index (χ2v) is 10.2. The van der Waals surface area contributed by atoms with Crippen LogP contribution >= 0.6 is 0 Å². The summed E-state index contributed by atoms with van der Waals surface area (Å²) < 4.78 is 23.7. The van der Waals surface area contributed by atoms with Crippen molar-refractivity contribution in [3.8, 4) is 11.5 Å². The van der Waals surface area contributed by atoms with Gasteiger partial charge in [-0.05, 0) is 49.4 Å². The SMILES string of the molecule is CC(=O)/C(=C\[C@@H]1O[C@H](c2ccccc2)O[C@H](CC(=O)Oc2ccccc2)[C@H]1C(=O)Oc1ccccc1)C(=O)Nc1ccccc1. The van der Waals surface area contributed by atoms with E-state index in [2.05, 4.69) is 5.32 Å². The molecule has 0 saturated carbocycles. The summed E-state index contributed by atoms with van der Waals surface area (Å²) in [5.41, 5.74) is 0.845. The molecule has 1 heterocycles. The Labute approximate surface area is 260 Å². The van der Waals surface area contributed by atoms with Gasteiger partial charge in [-0.2, -0.15) is 0 Å². The lowest BCUT2D eigenvalue weighted by atomic mass is 9.89. The maximum Gasteiger partial charge on any atom is 0.320 e. The van der Waals surface area contributed by atoms with E-state index in [1.165, 1.54) is 13.0 Å². The second kappa shape index (κ2) is 14.9. The molecule has 0 spiro atoms. The van der Waals surface area contributed by atoms with Crippen LogP contribution in [-0.4, -0.2) is 35.8 Å². The number of nitrogens with one attached hydrogen (secondary N) is 1. The van der Waals surface area contributed by atoms with E-state index >= 15 is 0 Å². The molecule has 9 heteroatoms. The van der Waals surface area contributed by atoms with Gasteiger partial charge in [-0.3, -0.25) is 19.2 Å². The topological polar surface area (TPSA) is 117 Å². The standard InChI is InChI=1S/C36H31NO8/c1-24(38)29(34(40)37-26-16-8-3-9-17-26)22-30-33(35(41)43-28-20-12-5-13-21-28)31(23-32(39)42-27-18-10-4-11-19-27)45-36(44-30)25-14-6-2-7-15-25/h2-22,30-31,33,36H,23H2,1H3,(H,37,40)/b29-22+/t30-,31+,33-,36-/m0/s1. The molecule has 228 valence electrons. The number of esters is 2. The monoisotopic (exact) mass is 605 g/mol. The van der Waals surface area contributed by atoms with E-state index in [-0.39, 0.29) is 17.7 Å². The Hall–Kier alpha value is -5.38. The van der Waals surface area contributed by atoms with Crippen LogP contribution < -0.4 is 14.8 Å². The van der Waals surface area contributed by atoms with Crippen molar-refractivity contribution in [2.24, 2.45) is 5.92 Å². The summed E-state index contributed by atoms with van der Waals surface area (Å²) in [5, 5.41) is 2.71. The molecule has 1 saturated heterocycles. The summed E-state index contributed by atoms with van der Waals surface area (Å²) in [4.78, 5) is 53.2. The Morgan fingerprint density at radius 1 is 0.711 bits per heavy atom. The highest BCUT2D eigenvalue weighted by Gasteiger charge is 2.46. The number of anilines is 1. The van der Waals surface area contributed by atoms with Crippen molar-refractivity contribution in [2.75, 3.05) is 5.32 Å². The number of rotatable bonds is 10. The van der Waals surface area contributed by atoms with Crippen LogP contribution in [0.4, 0.5) is 5.69 Å². The quantitative estimate of drug-likeness (QED) is 0.0788. The molecule has 5 rings (SSSR count). The number of hydrogen-bond acceptors (Lipinski definition) is 8. The number of carbonyl (C=O) groups is 4. The largest absolute Gasteiger partial charge is 0.426 e. The molecule has 0 unspecified atom stereocenters. The minimum atomic E-state index is -1.27. The van der Waals surface area contributed by atoms with Gasteiger partial charge < -0.3 is 24.3 Å². The first-order valence-corrected chi connectivity index (χ1v) is 14.3. The average molecular weight is 606 g/mol. The lowest BCUT2D eigenvalue weighted by Crippen LogP contribution is -2.49. The zero-order chi connectivity index (χ0) is 31.6. The molecule has 45 heavy (non-hydrogen) atoms. The third kappa shape index (κ3) is 8.38. The van der Waals surface area contributed by atoms with Crippen LogP contribution in [0, 0.1) is 5.92 Å². The van der Waals surface area contributed by atoms with E-state index in [9.17, 15) is 19.2 Å². The van der Waals surface area contributed by atoms with Gasteiger partial charge in [0.25, 0.3) is 5.91 Å². The van der Waals surface area contributed by atoms with Crippen molar-refractivity contribution in [2.45, 2.75) is 31.8 Å². The maximum absolute atomic E-state index is 13.8. The summed E-state index contributed by atoms with van der Waals surface area (Å²) in [5.74, 6) is -3.36. The summed E-state index contributed by atoms with van der Waals surface area (Å²) in [6.07, 6.45) is -2.44. The first-order chi connectivity index (χ1) is 21.9. The van der Waals surface area contributed by atoms with Crippen LogP contribution in [0.3, 0.4) is 0 Å². The van der Waals surface area contributed by atoms with E-state index < -0.39 is 48.0 Å². The molecular weight excluding hydrogens is 574 g/mol. The zero-order valence-corrected chi connectivity index (χ0v) is 24.4. The fourth-order valence-corrected chi connectivity index (χ4v) is 4.82. The molecule has 0 bridgehead atoms. The van der Waals surface area contributed by atoms with Crippen molar-refractivity contribution in [3.05, 3.63) is 139 Å². The van der Waals surface area contributed by atoms with Crippen LogP contribution in [0.25, 0.3) is 0 Å².